The van der Waals surface area contributed by atoms with Gasteiger partial charge in [-0.2, -0.15) is 0 Å². The molecule has 4 rings (SSSR count). The summed E-state index contributed by atoms with van der Waals surface area (Å²) in [6, 6.07) is 16.5. The van der Waals surface area contributed by atoms with Gasteiger partial charge in [-0.15, -0.1) is 0 Å². The Morgan fingerprint density at radius 2 is 1.92 bits per heavy atom. The average molecular weight is 319 g/mol. The number of rotatable bonds is 2. The molecule has 2 aromatic carbocycles. The summed E-state index contributed by atoms with van der Waals surface area (Å²) in [5.74, 6) is 0. The first-order valence-corrected chi connectivity index (χ1v) is 7.89. The number of urea groups is 1. The molecule has 2 amide bonds. The highest BCUT2D eigenvalue weighted by molar-refractivity contribution is 5.99. The van der Waals surface area contributed by atoms with Crippen LogP contribution in [0, 0.1) is 0 Å². The second-order valence-corrected chi connectivity index (χ2v) is 5.93. The first-order chi connectivity index (χ1) is 11.7. The van der Waals surface area contributed by atoms with Crippen LogP contribution in [0.4, 0.5) is 10.5 Å². The number of carbonyl (C=O) groups excluding carboxylic acids is 1. The van der Waals surface area contributed by atoms with E-state index in [0.717, 1.165) is 22.0 Å². The molecule has 0 saturated carbocycles. The highest BCUT2D eigenvalue weighted by Crippen LogP contribution is 2.31. The van der Waals surface area contributed by atoms with E-state index in [4.69, 9.17) is 0 Å². The van der Waals surface area contributed by atoms with Crippen LogP contribution in [-0.4, -0.2) is 22.2 Å². The third-order valence-electron chi connectivity index (χ3n) is 4.37. The Hall–Kier alpha value is -2.92. The lowest BCUT2D eigenvalue weighted by Gasteiger charge is -2.18. The van der Waals surface area contributed by atoms with Crippen LogP contribution in [0.1, 0.15) is 17.2 Å². The van der Waals surface area contributed by atoms with Crippen LogP contribution in [0.25, 0.3) is 10.9 Å². The molecule has 1 aliphatic rings. The monoisotopic (exact) mass is 319 g/mol. The maximum atomic E-state index is 12.4. The standard InChI is InChI=1S/C19H17N3O2/c23-16-11-13-5-1-2-8-14(13)18(16)22-19(24)21-15-9-3-6-12-7-4-10-20-17(12)15/h1-10,16,18,23H,11H2,(H2,21,22,24). The van der Waals surface area contributed by atoms with Crippen molar-refractivity contribution in [3.8, 4) is 0 Å². The summed E-state index contributed by atoms with van der Waals surface area (Å²) in [6.45, 7) is 0. The fourth-order valence-electron chi connectivity index (χ4n) is 3.25. The van der Waals surface area contributed by atoms with E-state index in [1.165, 1.54) is 0 Å². The molecule has 3 N–H and O–H groups in total. The van der Waals surface area contributed by atoms with Gasteiger partial charge in [0.1, 0.15) is 0 Å². The van der Waals surface area contributed by atoms with Gasteiger partial charge in [-0.25, -0.2) is 4.79 Å². The Kier molecular flexibility index (Phi) is 3.63. The van der Waals surface area contributed by atoms with E-state index in [-0.39, 0.29) is 6.03 Å². The molecule has 0 bridgehead atoms. The minimum Gasteiger partial charge on any atom is -0.390 e. The third kappa shape index (κ3) is 2.59. The minimum absolute atomic E-state index is 0.353. The van der Waals surface area contributed by atoms with E-state index >= 15 is 0 Å². The summed E-state index contributed by atoms with van der Waals surface area (Å²) in [6.07, 6.45) is 1.64. The van der Waals surface area contributed by atoms with E-state index in [2.05, 4.69) is 15.6 Å². The lowest BCUT2D eigenvalue weighted by Crippen LogP contribution is -2.36. The maximum Gasteiger partial charge on any atom is 0.319 e. The van der Waals surface area contributed by atoms with E-state index in [0.29, 0.717) is 12.1 Å². The number of anilines is 1. The first kappa shape index (κ1) is 14.7. The zero-order valence-corrected chi connectivity index (χ0v) is 12.9. The Labute approximate surface area is 139 Å². The van der Waals surface area contributed by atoms with Gasteiger partial charge in [0.05, 0.1) is 23.3 Å². The number of hydrogen-bond acceptors (Lipinski definition) is 3. The number of amides is 2. The van der Waals surface area contributed by atoms with Gasteiger partial charge in [-0.05, 0) is 23.3 Å². The van der Waals surface area contributed by atoms with E-state index < -0.39 is 12.1 Å². The zero-order valence-electron chi connectivity index (χ0n) is 12.9. The van der Waals surface area contributed by atoms with Crippen molar-refractivity contribution < 1.29 is 9.90 Å². The molecule has 0 spiro atoms. The van der Waals surface area contributed by atoms with Crippen LogP contribution in [0.5, 0.6) is 0 Å². The number of carbonyl (C=O) groups is 1. The highest BCUT2D eigenvalue weighted by atomic mass is 16.3. The molecule has 1 aromatic heterocycles. The molecule has 5 heteroatoms. The van der Waals surface area contributed by atoms with Crippen molar-refractivity contribution in [1.29, 1.82) is 0 Å². The maximum absolute atomic E-state index is 12.4. The number of benzene rings is 2. The summed E-state index contributed by atoms with van der Waals surface area (Å²) in [4.78, 5) is 16.7. The number of aliphatic hydroxyl groups excluding tert-OH is 1. The molecule has 1 heterocycles. The number of hydrogen-bond donors (Lipinski definition) is 3. The van der Waals surface area contributed by atoms with E-state index in [9.17, 15) is 9.90 Å². The van der Waals surface area contributed by atoms with Crippen LogP contribution >= 0.6 is 0 Å². The SMILES string of the molecule is O=C(Nc1cccc2cccnc12)NC1c2ccccc2CC1O. The van der Waals surface area contributed by atoms with Crippen LogP contribution in [-0.2, 0) is 6.42 Å². The van der Waals surface area contributed by atoms with Crippen molar-refractivity contribution in [2.75, 3.05) is 5.32 Å². The Bertz CT molecular complexity index is 905. The normalized spacial score (nSPS) is 19.0. The Morgan fingerprint density at radius 1 is 1.08 bits per heavy atom. The van der Waals surface area contributed by atoms with Gasteiger partial charge in [0, 0.05) is 18.0 Å². The van der Waals surface area contributed by atoms with Gasteiger partial charge in [0.2, 0.25) is 0 Å². The number of fused-ring (bicyclic) bond motifs is 2. The average Bonchev–Trinajstić information content (AvgIpc) is 2.91. The van der Waals surface area contributed by atoms with Crippen molar-refractivity contribution in [1.82, 2.24) is 10.3 Å². The number of para-hydroxylation sites is 1. The Balaban J connectivity index is 1.55. The summed E-state index contributed by atoms with van der Waals surface area (Å²) < 4.78 is 0. The van der Waals surface area contributed by atoms with Crippen LogP contribution in [0.2, 0.25) is 0 Å². The smallest absolute Gasteiger partial charge is 0.319 e. The van der Waals surface area contributed by atoms with E-state index in [1.807, 2.05) is 54.6 Å². The van der Waals surface area contributed by atoms with Crippen LogP contribution in [0.15, 0.2) is 60.8 Å². The van der Waals surface area contributed by atoms with Crippen molar-refractivity contribution in [3.05, 3.63) is 71.9 Å². The first-order valence-electron chi connectivity index (χ1n) is 7.89. The zero-order chi connectivity index (χ0) is 16.5. The van der Waals surface area contributed by atoms with Crippen molar-refractivity contribution in [2.24, 2.45) is 0 Å². The molecule has 2 unspecified atom stereocenters. The van der Waals surface area contributed by atoms with Gasteiger partial charge in [-0.3, -0.25) is 4.98 Å². The van der Waals surface area contributed by atoms with Crippen molar-refractivity contribution >= 4 is 22.6 Å². The second kappa shape index (κ2) is 5.94. The molecule has 0 fully saturated rings. The van der Waals surface area contributed by atoms with Crippen LogP contribution in [0.3, 0.4) is 0 Å². The number of nitrogens with zero attached hydrogens (tertiary/aromatic N) is 1. The summed E-state index contributed by atoms with van der Waals surface area (Å²) in [5, 5.41) is 16.9. The van der Waals surface area contributed by atoms with Crippen molar-refractivity contribution in [3.63, 3.8) is 0 Å². The van der Waals surface area contributed by atoms with Gasteiger partial charge >= 0.3 is 6.03 Å². The quantitative estimate of drug-likeness (QED) is 0.680. The van der Waals surface area contributed by atoms with E-state index in [1.54, 1.807) is 6.20 Å². The largest absolute Gasteiger partial charge is 0.390 e. The summed E-state index contributed by atoms with van der Waals surface area (Å²) in [5.41, 5.74) is 3.42. The molecule has 2 atom stereocenters. The molecule has 120 valence electrons. The fourth-order valence-corrected chi connectivity index (χ4v) is 3.25. The third-order valence-corrected chi connectivity index (χ3v) is 4.37. The van der Waals surface area contributed by atoms with Gasteiger partial charge in [0.25, 0.3) is 0 Å². The molecular weight excluding hydrogens is 302 g/mol. The molecule has 1 aliphatic carbocycles. The van der Waals surface area contributed by atoms with Gasteiger partial charge in [-0.1, -0.05) is 42.5 Å². The number of pyridine rings is 1. The topological polar surface area (TPSA) is 74.2 Å². The molecule has 3 aromatic rings. The second-order valence-electron chi connectivity index (χ2n) is 5.93. The highest BCUT2D eigenvalue weighted by Gasteiger charge is 2.31. The molecular formula is C19H17N3O2. The molecule has 0 saturated heterocycles. The summed E-state index contributed by atoms with van der Waals surface area (Å²) in [7, 11) is 0. The number of nitrogens with one attached hydrogen (secondary N) is 2. The fraction of sp³-hybridized carbons (Fsp3) is 0.158. The predicted molar refractivity (Wildman–Crippen MR) is 92.8 cm³/mol. The molecule has 0 aliphatic heterocycles. The Morgan fingerprint density at radius 3 is 2.83 bits per heavy atom. The lowest BCUT2D eigenvalue weighted by atomic mass is 10.1. The number of aromatic nitrogens is 1. The minimum atomic E-state index is -0.612. The molecule has 5 nitrogen and oxygen atoms in total. The molecule has 0 radical (unpaired) electrons. The summed E-state index contributed by atoms with van der Waals surface area (Å²) >= 11 is 0. The number of aliphatic hydroxyl groups is 1. The van der Waals surface area contributed by atoms with Gasteiger partial charge < -0.3 is 15.7 Å². The predicted octanol–water partition coefficient (Wildman–Crippen LogP) is 3.01. The van der Waals surface area contributed by atoms with Gasteiger partial charge in [0.15, 0.2) is 0 Å². The van der Waals surface area contributed by atoms with Crippen molar-refractivity contribution in [2.45, 2.75) is 18.6 Å². The lowest BCUT2D eigenvalue weighted by molar-refractivity contribution is 0.144. The molecule has 24 heavy (non-hydrogen) atoms. The van der Waals surface area contributed by atoms with Crippen LogP contribution < -0.4 is 10.6 Å².